The smallest absolute Gasteiger partial charge is 0.383 e. The Kier molecular flexibility index (Phi) is 5.13. The van der Waals surface area contributed by atoms with Crippen molar-refractivity contribution in [1.29, 1.82) is 0 Å². The predicted molar refractivity (Wildman–Crippen MR) is 92.2 cm³/mol. The number of carbonyl (C=O) groups excluding carboxylic acids is 1. The van der Waals surface area contributed by atoms with Gasteiger partial charge in [-0.15, -0.1) is 0 Å². The average Bonchev–Trinajstić information content (AvgIpc) is 3.05. The van der Waals surface area contributed by atoms with Crippen LogP contribution in [-0.4, -0.2) is 40.3 Å². The number of halogens is 3. The normalized spacial score (nSPS) is 12.9. The van der Waals surface area contributed by atoms with Gasteiger partial charge in [-0.2, -0.15) is 18.3 Å². The van der Waals surface area contributed by atoms with Crippen molar-refractivity contribution in [3.8, 4) is 11.3 Å². The highest BCUT2D eigenvalue weighted by Crippen LogP contribution is 2.32. The highest BCUT2D eigenvalue weighted by Gasteiger charge is 2.36. The number of fused-ring (bicyclic) bond motifs is 1. The van der Waals surface area contributed by atoms with Crippen LogP contribution in [0.3, 0.4) is 0 Å². The molecule has 0 spiro atoms. The molecule has 1 aromatic carbocycles. The minimum absolute atomic E-state index is 0.0405. The van der Waals surface area contributed by atoms with Crippen molar-refractivity contribution in [1.82, 2.24) is 19.9 Å². The molecule has 2 aromatic heterocycles. The van der Waals surface area contributed by atoms with Gasteiger partial charge in [-0.25, -0.2) is 9.50 Å². The number of methoxy groups -OCH3 is 1. The van der Waals surface area contributed by atoms with Gasteiger partial charge in [-0.05, 0) is 13.0 Å². The number of rotatable bonds is 5. The average molecular weight is 378 g/mol. The van der Waals surface area contributed by atoms with Gasteiger partial charge < -0.3 is 10.1 Å². The van der Waals surface area contributed by atoms with Crippen LogP contribution in [0.1, 0.15) is 23.0 Å². The van der Waals surface area contributed by atoms with Gasteiger partial charge in [0, 0.05) is 18.7 Å². The van der Waals surface area contributed by atoms with E-state index in [0.717, 1.165) is 12.3 Å². The maximum Gasteiger partial charge on any atom is 0.433 e. The Morgan fingerprint density at radius 1 is 1.30 bits per heavy atom. The van der Waals surface area contributed by atoms with E-state index in [9.17, 15) is 18.0 Å². The van der Waals surface area contributed by atoms with Crippen LogP contribution in [0.25, 0.3) is 16.9 Å². The fraction of sp³-hybridized carbons (Fsp3) is 0.278. The largest absolute Gasteiger partial charge is 0.433 e. The van der Waals surface area contributed by atoms with Gasteiger partial charge in [0.25, 0.3) is 5.91 Å². The lowest BCUT2D eigenvalue weighted by Crippen LogP contribution is -2.35. The zero-order chi connectivity index (χ0) is 19.6. The predicted octanol–water partition coefficient (Wildman–Crippen LogP) is 3.18. The summed E-state index contributed by atoms with van der Waals surface area (Å²) in [4.78, 5) is 16.7. The van der Waals surface area contributed by atoms with Gasteiger partial charge in [0.15, 0.2) is 11.3 Å². The number of benzene rings is 1. The van der Waals surface area contributed by atoms with E-state index in [0.29, 0.717) is 10.1 Å². The summed E-state index contributed by atoms with van der Waals surface area (Å²) in [5.74, 6) is -0.569. The zero-order valence-corrected chi connectivity index (χ0v) is 14.6. The molecule has 6 nitrogen and oxygen atoms in total. The summed E-state index contributed by atoms with van der Waals surface area (Å²) < 4.78 is 46.2. The second-order valence-electron chi connectivity index (χ2n) is 6.01. The molecule has 9 heteroatoms. The first-order valence-electron chi connectivity index (χ1n) is 8.12. The lowest BCUT2D eigenvalue weighted by Gasteiger charge is -2.13. The Balaban J connectivity index is 2.14. The summed E-state index contributed by atoms with van der Waals surface area (Å²) in [6, 6.07) is 9.05. The van der Waals surface area contributed by atoms with E-state index in [4.69, 9.17) is 4.74 Å². The van der Waals surface area contributed by atoms with Crippen LogP contribution in [-0.2, 0) is 10.9 Å². The van der Waals surface area contributed by atoms with E-state index < -0.39 is 17.8 Å². The number of nitrogens with one attached hydrogen (secondary N) is 1. The summed E-state index contributed by atoms with van der Waals surface area (Å²) >= 11 is 0. The number of carbonyl (C=O) groups is 1. The van der Waals surface area contributed by atoms with Crippen molar-refractivity contribution in [3.05, 3.63) is 53.9 Å². The number of amides is 1. The second-order valence-corrected chi connectivity index (χ2v) is 6.01. The van der Waals surface area contributed by atoms with Crippen molar-refractivity contribution in [3.63, 3.8) is 0 Å². The van der Waals surface area contributed by atoms with E-state index in [1.165, 1.54) is 7.11 Å². The van der Waals surface area contributed by atoms with Crippen molar-refractivity contribution >= 4 is 11.6 Å². The molecule has 0 aliphatic carbocycles. The van der Waals surface area contributed by atoms with E-state index >= 15 is 0 Å². The monoisotopic (exact) mass is 378 g/mol. The molecule has 1 N–H and O–H groups in total. The van der Waals surface area contributed by atoms with Gasteiger partial charge in [0.05, 0.1) is 18.5 Å². The Hall–Kier alpha value is -2.94. The van der Waals surface area contributed by atoms with E-state index in [-0.39, 0.29) is 29.6 Å². The molecule has 2 heterocycles. The first kappa shape index (κ1) is 18.8. The standard InChI is InChI=1S/C18H17F3N4O2/c1-11(10-27-2)23-17(26)13-9-22-25-15(18(19,20)21)8-14(24-16(13)25)12-6-4-3-5-7-12/h3-9,11H,10H2,1-2H3,(H,23,26)/t11-/m1/s1. The van der Waals surface area contributed by atoms with Crippen LogP contribution in [0.4, 0.5) is 13.2 Å². The maximum absolute atomic E-state index is 13.5. The number of aromatic nitrogens is 3. The lowest BCUT2D eigenvalue weighted by molar-refractivity contribution is -0.142. The second kappa shape index (κ2) is 7.36. The van der Waals surface area contributed by atoms with Crippen LogP contribution < -0.4 is 5.32 Å². The van der Waals surface area contributed by atoms with Crippen LogP contribution in [0.2, 0.25) is 0 Å². The Labute approximate surface area is 153 Å². The number of alkyl halides is 3. The van der Waals surface area contributed by atoms with Crippen molar-refractivity contribution in [2.75, 3.05) is 13.7 Å². The summed E-state index contributed by atoms with van der Waals surface area (Å²) in [6.07, 6.45) is -3.57. The Morgan fingerprint density at radius 3 is 2.63 bits per heavy atom. The topological polar surface area (TPSA) is 68.5 Å². The first-order chi connectivity index (χ1) is 12.8. The maximum atomic E-state index is 13.5. The molecule has 0 fully saturated rings. The lowest BCUT2D eigenvalue weighted by atomic mass is 10.1. The third kappa shape index (κ3) is 3.92. The van der Waals surface area contributed by atoms with Crippen molar-refractivity contribution < 1.29 is 22.7 Å². The molecule has 1 amide bonds. The molecule has 3 aromatic rings. The summed E-state index contributed by atoms with van der Waals surface area (Å²) in [5, 5.41) is 6.39. The molecule has 3 rings (SSSR count). The molecule has 0 radical (unpaired) electrons. The zero-order valence-electron chi connectivity index (χ0n) is 14.6. The number of hydrogen-bond acceptors (Lipinski definition) is 4. The van der Waals surface area contributed by atoms with Crippen LogP contribution in [0.15, 0.2) is 42.6 Å². The Bertz CT molecular complexity index is 954. The third-order valence-electron chi connectivity index (χ3n) is 3.87. The minimum Gasteiger partial charge on any atom is -0.383 e. The van der Waals surface area contributed by atoms with Gasteiger partial charge in [-0.3, -0.25) is 4.79 Å². The van der Waals surface area contributed by atoms with Gasteiger partial charge in [-0.1, -0.05) is 30.3 Å². The SMILES string of the molecule is COC[C@@H](C)NC(=O)c1cnn2c(C(F)(F)F)cc(-c3ccccc3)nc12. The number of ether oxygens (including phenoxy) is 1. The molecule has 1 atom stereocenters. The van der Waals surface area contributed by atoms with Crippen LogP contribution in [0.5, 0.6) is 0 Å². The van der Waals surface area contributed by atoms with E-state index in [1.807, 2.05) is 0 Å². The number of hydrogen-bond donors (Lipinski definition) is 1. The molecule has 142 valence electrons. The third-order valence-corrected chi connectivity index (χ3v) is 3.87. The van der Waals surface area contributed by atoms with Gasteiger partial charge >= 0.3 is 6.18 Å². The minimum atomic E-state index is -4.66. The van der Waals surface area contributed by atoms with E-state index in [2.05, 4.69) is 15.4 Å². The van der Waals surface area contributed by atoms with Gasteiger partial charge in [0.2, 0.25) is 0 Å². The molecular formula is C18H17F3N4O2. The quantitative estimate of drug-likeness (QED) is 0.741. The molecule has 0 bridgehead atoms. The fourth-order valence-corrected chi connectivity index (χ4v) is 2.67. The summed E-state index contributed by atoms with van der Waals surface area (Å²) in [7, 11) is 1.49. The van der Waals surface area contributed by atoms with E-state index in [1.54, 1.807) is 37.3 Å². The molecule has 0 saturated heterocycles. The number of nitrogens with zero attached hydrogens (tertiary/aromatic N) is 3. The Morgan fingerprint density at radius 2 is 2.00 bits per heavy atom. The summed E-state index contributed by atoms with van der Waals surface area (Å²) in [5.41, 5.74) is -0.594. The molecule has 0 saturated carbocycles. The van der Waals surface area contributed by atoms with Gasteiger partial charge in [0.1, 0.15) is 5.56 Å². The first-order valence-corrected chi connectivity index (χ1v) is 8.12. The molecule has 27 heavy (non-hydrogen) atoms. The van der Waals surface area contributed by atoms with Crippen LogP contribution >= 0.6 is 0 Å². The van der Waals surface area contributed by atoms with Crippen molar-refractivity contribution in [2.45, 2.75) is 19.1 Å². The molecular weight excluding hydrogens is 361 g/mol. The molecule has 0 unspecified atom stereocenters. The summed E-state index contributed by atoms with van der Waals surface area (Å²) in [6.45, 7) is 1.98. The van der Waals surface area contributed by atoms with Crippen molar-refractivity contribution in [2.24, 2.45) is 0 Å². The fourth-order valence-electron chi connectivity index (χ4n) is 2.67. The molecule has 0 aliphatic heterocycles. The highest BCUT2D eigenvalue weighted by molar-refractivity contribution is 6.00. The molecule has 0 aliphatic rings. The highest BCUT2D eigenvalue weighted by atomic mass is 19.4. The van der Waals surface area contributed by atoms with Crippen LogP contribution in [0, 0.1) is 0 Å².